The number of piperazine rings is 1. The Labute approximate surface area is 158 Å². The van der Waals surface area contributed by atoms with E-state index in [0.717, 1.165) is 5.56 Å². The quantitative estimate of drug-likeness (QED) is 0.537. The number of nitrogens with zero attached hydrogens (tertiary/aromatic N) is 2. The van der Waals surface area contributed by atoms with Gasteiger partial charge in [0, 0.05) is 38.6 Å². The van der Waals surface area contributed by atoms with E-state index in [1.54, 1.807) is 18.5 Å². The zero-order chi connectivity index (χ0) is 19.8. The first kappa shape index (κ1) is 20.6. The van der Waals surface area contributed by atoms with Crippen molar-refractivity contribution in [3.63, 3.8) is 0 Å². The molecule has 2 heterocycles. The second-order valence-electron chi connectivity index (χ2n) is 7.01. The summed E-state index contributed by atoms with van der Waals surface area (Å²) in [7, 11) is 0. The van der Waals surface area contributed by atoms with Crippen molar-refractivity contribution in [3.05, 3.63) is 30.1 Å². The number of carbonyl (C=O) groups excluding carboxylic acids is 2. The van der Waals surface area contributed by atoms with Crippen molar-refractivity contribution in [2.75, 3.05) is 19.6 Å². The Kier molecular flexibility index (Phi) is 7.54. The molecule has 1 fully saturated rings. The van der Waals surface area contributed by atoms with E-state index in [-0.39, 0.29) is 24.3 Å². The number of hydrogen-bond acceptors (Lipinski definition) is 5. The molecule has 1 aliphatic heterocycles. The summed E-state index contributed by atoms with van der Waals surface area (Å²) >= 11 is 0. The maximum absolute atomic E-state index is 12.6. The van der Waals surface area contributed by atoms with Crippen LogP contribution in [0.25, 0.3) is 0 Å². The Morgan fingerprint density at radius 3 is 2.81 bits per heavy atom. The van der Waals surface area contributed by atoms with Crippen LogP contribution in [-0.4, -0.2) is 64.6 Å². The minimum Gasteiger partial charge on any atom is -0.465 e. The van der Waals surface area contributed by atoms with Gasteiger partial charge in [0.15, 0.2) is 0 Å². The fraction of sp³-hybridized carbons (Fsp3) is 0.556. The van der Waals surface area contributed by atoms with Crippen LogP contribution in [0.2, 0.25) is 0 Å². The maximum Gasteiger partial charge on any atom is 0.407 e. The van der Waals surface area contributed by atoms with E-state index in [2.05, 4.69) is 20.9 Å². The topological polar surface area (TPSA) is 124 Å². The third-order valence-corrected chi connectivity index (χ3v) is 4.29. The fourth-order valence-electron chi connectivity index (χ4n) is 2.89. The molecule has 1 aromatic heterocycles. The molecule has 1 saturated heterocycles. The molecule has 1 aliphatic rings. The molecule has 1 unspecified atom stereocenters. The summed E-state index contributed by atoms with van der Waals surface area (Å²) in [5.74, 6) is -0.441. The summed E-state index contributed by atoms with van der Waals surface area (Å²) in [5.41, 5.74) is 0.867. The highest BCUT2D eigenvalue weighted by Gasteiger charge is 2.30. The number of hydrogen-bond donors (Lipinski definition) is 4. The summed E-state index contributed by atoms with van der Waals surface area (Å²) in [6, 6.07) is 2.29. The summed E-state index contributed by atoms with van der Waals surface area (Å²) < 4.78 is 0. The maximum atomic E-state index is 12.6. The van der Waals surface area contributed by atoms with Gasteiger partial charge in [-0.15, -0.1) is 0 Å². The number of carbonyl (C=O) groups is 3. The van der Waals surface area contributed by atoms with Crippen molar-refractivity contribution in [2.45, 2.75) is 38.9 Å². The van der Waals surface area contributed by atoms with E-state index in [1.807, 2.05) is 19.9 Å². The predicted molar refractivity (Wildman–Crippen MR) is 98.9 cm³/mol. The molecule has 0 bridgehead atoms. The molecule has 1 aromatic rings. The average Bonchev–Trinajstić information content (AvgIpc) is 2.66. The summed E-state index contributed by atoms with van der Waals surface area (Å²) in [4.78, 5) is 41.4. The van der Waals surface area contributed by atoms with E-state index in [1.165, 1.54) is 4.90 Å². The van der Waals surface area contributed by atoms with Crippen molar-refractivity contribution in [3.8, 4) is 0 Å². The van der Waals surface area contributed by atoms with Gasteiger partial charge in [0.05, 0.1) is 0 Å². The molecule has 9 nitrogen and oxygen atoms in total. The number of pyridine rings is 1. The Hall–Kier alpha value is -2.68. The Bertz CT molecular complexity index is 652. The standard InChI is InChI=1S/C18H27N5O4/c1-12(2)8-14(16(24)21-10-13-4-3-5-19-9-13)22-17(25)15-11-23(18(26)27)7-6-20-15/h3-5,9,12,14-15,20H,6-8,10-11H2,1-2H3,(H,21,24)(H,22,25)(H,26,27)/t14?,15-/m0/s1. The normalized spacial score (nSPS) is 18.0. The average molecular weight is 377 g/mol. The lowest BCUT2D eigenvalue weighted by Crippen LogP contribution is -2.60. The van der Waals surface area contributed by atoms with Crippen LogP contribution >= 0.6 is 0 Å². The smallest absolute Gasteiger partial charge is 0.407 e. The summed E-state index contributed by atoms with van der Waals surface area (Å²) in [6.07, 6.45) is 2.76. The van der Waals surface area contributed by atoms with Crippen LogP contribution in [0, 0.1) is 5.92 Å². The Balaban J connectivity index is 1.95. The molecule has 4 N–H and O–H groups in total. The van der Waals surface area contributed by atoms with Gasteiger partial charge >= 0.3 is 6.09 Å². The SMILES string of the molecule is CC(C)CC(NC(=O)[C@@H]1CN(C(=O)O)CCN1)C(=O)NCc1cccnc1. The summed E-state index contributed by atoms with van der Waals surface area (Å²) in [6.45, 7) is 5.06. The van der Waals surface area contributed by atoms with Gasteiger partial charge in [-0.1, -0.05) is 19.9 Å². The van der Waals surface area contributed by atoms with Gasteiger partial charge in [0.1, 0.15) is 12.1 Å². The van der Waals surface area contributed by atoms with Crippen LogP contribution in [0.15, 0.2) is 24.5 Å². The Morgan fingerprint density at radius 2 is 2.19 bits per heavy atom. The third kappa shape index (κ3) is 6.52. The van der Waals surface area contributed by atoms with Crippen LogP contribution < -0.4 is 16.0 Å². The number of carboxylic acid groups (broad SMARTS) is 1. The van der Waals surface area contributed by atoms with Crippen LogP contribution in [0.1, 0.15) is 25.8 Å². The first-order valence-corrected chi connectivity index (χ1v) is 9.05. The first-order valence-electron chi connectivity index (χ1n) is 9.05. The molecule has 2 atom stereocenters. The molecule has 27 heavy (non-hydrogen) atoms. The number of nitrogens with one attached hydrogen (secondary N) is 3. The number of rotatable bonds is 7. The van der Waals surface area contributed by atoms with Crippen LogP contribution in [0.4, 0.5) is 4.79 Å². The fourth-order valence-corrected chi connectivity index (χ4v) is 2.89. The van der Waals surface area contributed by atoms with Gasteiger partial charge < -0.3 is 26.0 Å². The Morgan fingerprint density at radius 1 is 1.41 bits per heavy atom. The lowest BCUT2D eigenvalue weighted by Gasteiger charge is -2.32. The monoisotopic (exact) mass is 377 g/mol. The molecule has 3 amide bonds. The van der Waals surface area contributed by atoms with Gasteiger partial charge in [-0.25, -0.2) is 4.79 Å². The third-order valence-electron chi connectivity index (χ3n) is 4.29. The second-order valence-corrected chi connectivity index (χ2v) is 7.01. The highest BCUT2D eigenvalue weighted by atomic mass is 16.4. The zero-order valence-electron chi connectivity index (χ0n) is 15.6. The van der Waals surface area contributed by atoms with E-state index >= 15 is 0 Å². The highest BCUT2D eigenvalue weighted by molar-refractivity contribution is 5.90. The molecule has 0 aliphatic carbocycles. The molecule has 0 radical (unpaired) electrons. The van der Waals surface area contributed by atoms with Crippen molar-refractivity contribution in [1.82, 2.24) is 25.8 Å². The largest absolute Gasteiger partial charge is 0.465 e. The van der Waals surface area contributed by atoms with Gasteiger partial charge in [0.25, 0.3) is 0 Å². The minimum absolute atomic E-state index is 0.0624. The number of aromatic nitrogens is 1. The van der Waals surface area contributed by atoms with E-state index in [4.69, 9.17) is 5.11 Å². The van der Waals surface area contributed by atoms with Crippen LogP contribution in [0.5, 0.6) is 0 Å². The molecule has 148 valence electrons. The highest BCUT2D eigenvalue weighted by Crippen LogP contribution is 2.07. The van der Waals surface area contributed by atoms with Gasteiger partial charge in [-0.2, -0.15) is 0 Å². The summed E-state index contributed by atoms with van der Waals surface area (Å²) in [5, 5.41) is 17.7. The molecule has 2 rings (SSSR count). The number of amides is 3. The van der Waals surface area contributed by atoms with Crippen LogP contribution in [0.3, 0.4) is 0 Å². The molecular formula is C18H27N5O4. The van der Waals surface area contributed by atoms with Gasteiger partial charge in [-0.05, 0) is 24.0 Å². The van der Waals surface area contributed by atoms with Crippen LogP contribution in [-0.2, 0) is 16.1 Å². The van der Waals surface area contributed by atoms with Crippen molar-refractivity contribution < 1.29 is 19.5 Å². The first-order chi connectivity index (χ1) is 12.9. The lowest BCUT2D eigenvalue weighted by molar-refractivity contribution is -0.131. The van der Waals surface area contributed by atoms with E-state index in [0.29, 0.717) is 26.1 Å². The van der Waals surface area contributed by atoms with Gasteiger partial charge in [0.2, 0.25) is 11.8 Å². The van der Waals surface area contributed by atoms with Crippen molar-refractivity contribution >= 4 is 17.9 Å². The molecule has 0 saturated carbocycles. The van der Waals surface area contributed by atoms with Crippen molar-refractivity contribution in [2.24, 2.45) is 5.92 Å². The molecular weight excluding hydrogens is 350 g/mol. The zero-order valence-corrected chi connectivity index (χ0v) is 15.6. The second kappa shape index (κ2) is 9.86. The van der Waals surface area contributed by atoms with E-state index in [9.17, 15) is 14.4 Å². The minimum atomic E-state index is -1.05. The predicted octanol–water partition coefficient (Wildman–Crippen LogP) is 0.181. The van der Waals surface area contributed by atoms with E-state index < -0.39 is 18.2 Å². The van der Waals surface area contributed by atoms with Crippen molar-refractivity contribution in [1.29, 1.82) is 0 Å². The molecule has 0 aromatic carbocycles. The molecule has 0 spiro atoms. The van der Waals surface area contributed by atoms with Gasteiger partial charge in [-0.3, -0.25) is 14.6 Å². The molecule has 9 heteroatoms. The lowest BCUT2D eigenvalue weighted by atomic mass is 10.0.